The second kappa shape index (κ2) is 11.1. The molecule has 2 N–H and O–H groups in total. The molecule has 3 rings (SSSR count). The lowest BCUT2D eigenvalue weighted by Gasteiger charge is -2.35. The molecule has 178 valence electrons. The largest absolute Gasteiger partial charge is 0.366 e. The van der Waals surface area contributed by atoms with Crippen LogP contribution in [0.5, 0.6) is 0 Å². The zero-order valence-corrected chi connectivity index (χ0v) is 20.1. The highest BCUT2D eigenvalue weighted by atomic mass is 16.2. The number of piperazine rings is 1. The van der Waals surface area contributed by atoms with E-state index in [1.807, 2.05) is 16.4 Å². The fourth-order valence-electron chi connectivity index (χ4n) is 5.01. The van der Waals surface area contributed by atoms with Gasteiger partial charge in [0, 0.05) is 44.8 Å². The maximum Gasteiger partial charge on any atom is 0.250 e. The van der Waals surface area contributed by atoms with Crippen molar-refractivity contribution in [1.82, 2.24) is 14.4 Å². The monoisotopic (exact) mass is 444 g/mol. The lowest BCUT2D eigenvalue weighted by molar-refractivity contribution is -0.134. The number of aromatic nitrogens is 1. The van der Waals surface area contributed by atoms with E-state index in [4.69, 9.17) is 5.73 Å². The van der Waals surface area contributed by atoms with E-state index >= 15 is 0 Å². The molecule has 1 aliphatic heterocycles. The zero-order valence-electron chi connectivity index (χ0n) is 20.1. The van der Waals surface area contributed by atoms with Crippen molar-refractivity contribution < 1.29 is 14.4 Å². The summed E-state index contributed by atoms with van der Waals surface area (Å²) in [5.74, 6) is 0.830. The number of nitrogens with two attached hydrogens (primary N) is 1. The van der Waals surface area contributed by atoms with Gasteiger partial charge in [0.25, 0.3) is 5.91 Å². The number of hydrogen-bond donors (Lipinski definition) is 1. The van der Waals surface area contributed by atoms with Crippen molar-refractivity contribution in [3.05, 3.63) is 23.0 Å². The molecule has 7 nitrogen and oxygen atoms in total. The van der Waals surface area contributed by atoms with Crippen LogP contribution in [0.2, 0.25) is 0 Å². The van der Waals surface area contributed by atoms with Gasteiger partial charge in [-0.1, -0.05) is 33.1 Å². The number of carbonyl (C=O) groups excluding carboxylic acids is 3. The van der Waals surface area contributed by atoms with Gasteiger partial charge in [-0.15, -0.1) is 0 Å². The van der Waals surface area contributed by atoms with Crippen LogP contribution in [-0.2, 0) is 11.3 Å². The van der Waals surface area contributed by atoms with E-state index in [-0.39, 0.29) is 11.7 Å². The van der Waals surface area contributed by atoms with E-state index in [0.717, 1.165) is 12.1 Å². The van der Waals surface area contributed by atoms with Gasteiger partial charge in [0.2, 0.25) is 5.91 Å². The predicted molar refractivity (Wildman–Crippen MR) is 126 cm³/mol. The minimum Gasteiger partial charge on any atom is -0.366 e. The molecule has 1 aromatic rings. The van der Waals surface area contributed by atoms with Crippen LogP contribution in [-0.4, -0.2) is 64.7 Å². The number of hydrogen-bond acceptors (Lipinski definition) is 4. The molecule has 2 aliphatic rings. The molecule has 7 heteroatoms. The summed E-state index contributed by atoms with van der Waals surface area (Å²) in [5, 5.41) is 0. The normalized spacial score (nSPS) is 18.3. The summed E-state index contributed by atoms with van der Waals surface area (Å²) in [6, 6.07) is 1.66. The molecule has 0 atom stereocenters. The number of ketones is 1. The quantitative estimate of drug-likeness (QED) is 0.592. The Bertz CT molecular complexity index is 815. The fraction of sp³-hybridized carbons (Fsp3) is 0.720. The molecule has 0 radical (unpaired) electrons. The van der Waals surface area contributed by atoms with Crippen molar-refractivity contribution in [2.75, 3.05) is 32.7 Å². The van der Waals surface area contributed by atoms with Gasteiger partial charge in [-0.2, -0.15) is 0 Å². The number of amides is 2. The maximum absolute atomic E-state index is 13.1. The Morgan fingerprint density at radius 3 is 2.31 bits per heavy atom. The molecule has 2 amide bonds. The SMILES string of the molecule is Cc1c(C(N)=O)cc(C(=O)CN2CCN(C(=O)CC3CCCCC3)CC2)n1CCC(C)C. The third-order valence-electron chi connectivity index (χ3n) is 7.13. The zero-order chi connectivity index (χ0) is 23.3. The molecule has 2 heterocycles. The molecule has 1 aromatic heterocycles. The first-order valence-electron chi connectivity index (χ1n) is 12.3. The van der Waals surface area contributed by atoms with Crippen molar-refractivity contribution in [1.29, 1.82) is 0 Å². The van der Waals surface area contributed by atoms with Crippen LogP contribution >= 0.6 is 0 Å². The lowest BCUT2D eigenvalue weighted by Crippen LogP contribution is -2.50. The van der Waals surface area contributed by atoms with Crippen molar-refractivity contribution in [3.63, 3.8) is 0 Å². The van der Waals surface area contributed by atoms with Gasteiger partial charge in [-0.3, -0.25) is 19.3 Å². The van der Waals surface area contributed by atoms with E-state index in [0.29, 0.717) is 68.8 Å². The Balaban J connectivity index is 1.56. The first-order chi connectivity index (χ1) is 15.3. The highest BCUT2D eigenvalue weighted by Crippen LogP contribution is 2.27. The Kier molecular flexibility index (Phi) is 8.51. The standard InChI is InChI=1S/C25H40N4O3/c1-18(2)9-10-29-19(3)21(25(26)32)16-22(29)23(30)17-27-11-13-28(14-12-27)24(31)15-20-7-5-4-6-8-20/h16,18,20H,4-15,17H2,1-3H3,(H2,26,32). The van der Waals surface area contributed by atoms with Crippen molar-refractivity contribution in [3.8, 4) is 0 Å². The second-order valence-corrected chi connectivity index (χ2v) is 10.0. The van der Waals surface area contributed by atoms with Gasteiger partial charge in [-0.05, 0) is 44.1 Å². The molecule has 0 spiro atoms. The smallest absolute Gasteiger partial charge is 0.250 e. The van der Waals surface area contributed by atoms with Crippen LogP contribution in [0.1, 0.15) is 85.3 Å². The first kappa shape index (κ1) is 24.5. The number of Topliss-reactive ketones (excluding diaryl/α,β-unsaturated/α-hetero) is 1. The van der Waals surface area contributed by atoms with E-state index in [1.165, 1.54) is 32.1 Å². The van der Waals surface area contributed by atoms with Crippen molar-refractivity contribution >= 4 is 17.6 Å². The summed E-state index contributed by atoms with van der Waals surface area (Å²) in [5.41, 5.74) is 7.29. The maximum atomic E-state index is 13.1. The highest BCUT2D eigenvalue weighted by Gasteiger charge is 2.27. The summed E-state index contributed by atoms with van der Waals surface area (Å²) >= 11 is 0. The van der Waals surface area contributed by atoms with Crippen molar-refractivity contribution in [2.45, 2.75) is 72.3 Å². The fourth-order valence-corrected chi connectivity index (χ4v) is 5.01. The van der Waals surface area contributed by atoms with Gasteiger partial charge >= 0.3 is 0 Å². The van der Waals surface area contributed by atoms with Gasteiger partial charge in [-0.25, -0.2) is 0 Å². The average Bonchev–Trinajstić information content (AvgIpc) is 3.10. The number of rotatable bonds is 9. The second-order valence-electron chi connectivity index (χ2n) is 10.0. The van der Waals surface area contributed by atoms with Gasteiger partial charge in [0.1, 0.15) is 0 Å². The molecule has 0 aromatic carbocycles. The summed E-state index contributed by atoms with van der Waals surface area (Å²) in [4.78, 5) is 41.8. The Hall–Kier alpha value is -2.15. The number of primary amides is 1. The molecule has 32 heavy (non-hydrogen) atoms. The van der Waals surface area contributed by atoms with Crippen LogP contribution in [0, 0.1) is 18.8 Å². The van der Waals surface area contributed by atoms with Crippen molar-refractivity contribution in [2.24, 2.45) is 17.6 Å². The minimum atomic E-state index is -0.495. The summed E-state index contributed by atoms with van der Waals surface area (Å²) in [7, 11) is 0. The van der Waals surface area contributed by atoms with Crippen LogP contribution < -0.4 is 5.73 Å². The topological polar surface area (TPSA) is 88.6 Å². The molecule has 0 unspecified atom stereocenters. The van der Waals surface area contributed by atoms with Crippen LogP contribution in [0.15, 0.2) is 6.07 Å². The molecule has 0 bridgehead atoms. The summed E-state index contributed by atoms with van der Waals surface area (Å²) < 4.78 is 1.95. The predicted octanol–water partition coefficient (Wildman–Crippen LogP) is 3.24. The van der Waals surface area contributed by atoms with Gasteiger partial charge < -0.3 is 15.2 Å². The van der Waals surface area contributed by atoms with Crippen LogP contribution in [0.3, 0.4) is 0 Å². The molecule has 1 aliphatic carbocycles. The molecule has 1 saturated heterocycles. The Morgan fingerprint density at radius 1 is 1.06 bits per heavy atom. The number of nitrogens with zero attached hydrogens (tertiary/aromatic N) is 3. The third-order valence-corrected chi connectivity index (χ3v) is 7.13. The van der Waals surface area contributed by atoms with E-state index in [9.17, 15) is 14.4 Å². The highest BCUT2D eigenvalue weighted by molar-refractivity contribution is 6.01. The third kappa shape index (κ3) is 6.21. The molecule has 1 saturated carbocycles. The van der Waals surface area contributed by atoms with E-state index < -0.39 is 5.91 Å². The Labute approximate surface area is 192 Å². The van der Waals surface area contributed by atoms with Gasteiger partial charge in [0.05, 0.1) is 17.8 Å². The first-order valence-corrected chi connectivity index (χ1v) is 12.3. The Morgan fingerprint density at radius 2 is 1.72 bits per heavy atom. The molecular weight excluding hydrogens is 404 g/mol. The number of carbonyl (C=O) groups is 3. The summed E-state index contributed by atoms with van der Waals surface area (Å²) in [6.07, 6.45) is 7.78. The van der Waals surface area contributed by atoms with E-state index in [2.05, 4.69) is 18.7 Å². The van der Waals surface area contributed by atoms with Crippen LogP contribution in [0.4, 0.5) is 0 Å². The minimum absolute atomic E-state index is 0.00587. The average molecular weight is 445 g/mol. The molecular formula is C25H40N4O3. The lowest BCUT2D eigenvalue weighted by atomic mass is 9.86. The van der Waals surface area contributed by atoms with Crippen LogP contribution in [0.25, 0.3) is 0 Å². The molecule has 2 fully saturated rings. The van der Waals surface area contributed by atoms with Gasteiger partial charge in [0.15, 0.2) is 5.78 Å². The summed E-state index contributed by atoms with van der Waals surface area (Å²) in [6.45, 7) is 9.91. The van der Waals surface area contributed by atoms with E-state index in [1.54, 1.807) is 6.07 Å².